The fourth-order valence-corrected chi connectivity index (χ4v) is 1.80. The molecule has 3 N–H and O–H groups in total. The van der Waals surface area contributed by atoms with Gasteiger partial charge in [0, 0.05) is 31.1 Å². The third kappa shape index (κ3) is 3.47. The lowest BCUT2D eigenvalue weighted by Crippen LogP contribution is -2.15. The third-order valence-electron chi connectivity index (χ3n) is 2.48. The van der Waals surface area contributed by atoms with Crippen LogP contribution >= 0.6 is 12.2 Å². The van der Waals surface area contributed by atoms with Crippen molar-refractivity contribution in [2.24, 2.45) is 5.73 Å². The van der Waals surface area contributed by atoms with Crippen LogP contribution in [0, 0.1) is 12.7 Å². The second-order valence-corrected chi connectivity index (χ2v) is 4.40. The Morgan fingerprint density at radius 2 is 2.32 bits per heavy atom. The molecule has 7 heteroatoms. The highest BCUT2D eigenvalue weighted by Gasteiger charge is 2.07. The van der Waals surface area contributed by atoms with E-state index in [9.17, 15) is 4.39 Å². The number of benzene rings is 1. The molecule has 19 heavy (non-hydrogen) atoms. The molecule has 0 atom stereocenters. The number of aromatic nitrogens is 2. The van der Waals surface area contributed by atoms with Crippen molar-refractivity contribution in [3.8, 4) is 0 Å². The van der Waals surface area contributed by atoms with E-state index in [0.29, 0.717) is 35.9 Å². The second kappa shape index (κ2) is 5.75. The summed E-state index contributed by atoms with van der Waals surface area (Å²) in [5.74, 6) is 0.770. The molecule has 0 radical (unpaired) electrons. The first-order valence-electron chi connectivity index (χ1n) is 5.68. The van der Waals surface area contributed by atoms with Crippen molar-refractivity contribution in [1.82, 2.24) is 10.1 Å². The largest absolute Gasteiger partial charge is 0.389 e. The number of hydrogen-bond acceptors (Lipinski definition) is 5. The van der Waals surface area contributed by atoms with E-state index < -0.39 is 0 Å². The predicted molar refractivity (Wildman–Crippen MR) is 73.5 cm³/mol. The van der Waals surface area contributed by atoms with Gasteiger partial charge in [0.25, 0.3) is 0 Å². The maximum absolute atomic E-state index is 13.1. The van der Waals surface area contributed by atoms with Gasteiger partial charge in [0.2, 0.25) is 5.89 Å². The molecule has 1 aromatic heterocycles. The molecule has 0 saturated heterocycles. The Kier molecular flexibility index (Phi) is 4.06. The minimum atomic E-state index is -0.373. The molecule has 1 aromatic carbocycles. The van der Waals surface area contributed by atoms with Crippen molar-refractivity contribution in [1.29, 1.82) is 0 Å². The van der Waals surface area contributed by atoms with E-state index in [2.05, 4.69) is 15.5 Å². The molecule has 2 rings (SSSR count). The van der Waals surface area contributed by atoms with Gasteiger partial charge in [-0.25, -0.2) is 4.39 Å². The van der Waals surface area contributed by atoms with Gasteiger partial charge < -0.3 is 15.6 Å². The Morgan fingerprint density at radius 1 is 1.53 bits per heavy atom. The molecule has 0 bridgehead atoms. The quantitative estimate of drug-likeness (QED) is 0.813. The summed E-state index contributed by atoms with van der Waals surface area (Å²) >= 11 is 4.89. The summed E-state index contributed by atoms with van der Waals surface area (Å²) in [6, 6.07) is 4.26. The first kappa shape index (κ1) is 13.4. The number of nitrogens with one attached hydrogen (secondary N) is 1. The van der Waals surface area contributed by atoms with Crippen LogP contribution in [0.2, 0.25) is 0 Å². The van der Waals surface area contributed by atoms with Gasteiger partial charge >= 0.3 is 0 Å². The minimum absolute atomic E-state index is 0.150. The van der Waals surface area contributed by atoms with Gasteiger partial charge in [-0.2, -0.15) is 4.98 Å². The SMILES string of the molecule is Cc1nc(CCNc2ccc(F)cc2C(N)=S)no1. The molecule has 0 aliphatic rings. The highest BCUT2D eigenvalue weighted by molar-refractivity contribution is 7.80. The van der Waals surface area contributed by atoms with Crippen LogP contribution in [0.3, 0.4) is 0 Å². The van der Waals surface area contributed by atoms with Crippen molar-refractivity contribution in [2.75, 3.05) is 11.9 Å². The highest BCUT2D eigenvalue weighted by atomic mass is 32.1. The van der Waals surface area contributed by atoms with E-state index in [1.54, 1.807) is 13.0 Å². The number of hydrogen-bond donors (Lipinski definition) is 2. The first-order valence-corrected chi connectivity index (χ1v) is 6.09. The van der Waals surface area contributed by atoms with Crippen LogP contribution < -0.4 is 11.1 Å². The van der Waals surface area contributed by atoms with Crippen LogP contribution in [0.15, 0.2) is 22.7 Å². The molecule has 1 heterocycles. The van der Waals surface area contributed by atoms with E-state index in [4.69, 9.17) is 22.5 Å². The Morgan fingerprint density at radius 3 is 2.95 bits per heavy atom. The molecule has 0 aliphatic carbocycles. The van der Waals surface area contributed by atoms with Gasteiger partial charge in [-0.3, -0.25) is 0 Å². The van der Waals surface area contributed by atoms with Gasteiger partial charge in [0.1, 0.15) is 10.8 Å². The summed E-state index contributed by atoms with van der Waals surface area (Å²) in [5.41, 5.74) is 6.73. The second-order valence-electron chi connectivity index (χ2n) is 3.96. The lowest BCUT2D eigenvalue weighted by atomic mass is 10.1. The van der Waals surface area contributed by atoms with Crippen LogP contribution in [0.5, 0.6) is 0 Å². The molecule has 0 aliphatic heterocycles. The monoisotopic (exact) mass is 280 g/mol. The molecule has 2 aromatic rings. The lowest BCUT2D eigenvalue weighted by molar-refractivity contribution is 0.387. The summed E-state index contributed by atoms with van der Waals surface area (Å²) in [4.78, 5) is 4.24. The van der Waals surface area contributed by atoms with E-state index in [0.717, 1.165) is 0 Å². The summed E-state index contributed by atoms with van der Waals surface area (Å²) in [6.07, 6.45) is 0.589. The average Bonchev–Trinajstić information content (AvgIpc) is 2.77. The van der Waals surface area contributed by atoms with E-state index in [-0.39, 0.29) is 10.8 Å². The zero-order valence-electron chi connectivity index (χ0n) is 10.3. The van der Waals surface area contributed by atoms with Crippen LogP contribution in [0.25, 0.3) is 0 Å². The van der Waals surface area contributed by atoms with Gasteiger partial charge in [0.15, 0.2) is 5.82 Å². The molecular formula is C12H13FN4OS. The van der Waals surface area contributed by atoms with Gasteiger partial charge in [-0.15, -0.1) is 0 Å². The maximum Gasteiger partial charge on any atom is 0.223 e. The summed E-state index contributed by atoms with van der Waals surface area (Å²) in [6.45, 7) is 2.30. The van der Waals surface area contributed by atoms with Crippen molar-refractivity contribution in [2.45, 2.75) is 13.3 Å². The van der Waals surface area contributed by atoms with Crippen LogP contribution in [0.1, 0.15) is 17.3 Å². The number of rotatable bonds is 5. The fraction of sp³-hybridized carbons (Fsp3) is 0.250. The van der Waals surface area contributed by atoms with Gasteiger partial charge in [0.05, 0.1) is 0 Å². The number of anilines is 1. The van der Waals surface area contributed by atoms with Crippen molar-refractivity contribution in [3.05, 3.63) is 41.3 Å². The summed E-state index contributed by atoms with van der Waals surface area (Å²) in [7, 11) is 0. The molecular weight excluding hydrogens is 267 g/mol. The molecule has 0 saturated carbocycles. The lowest BCUT2D eigenvalue weighted by Gasteiger charge is -2.10. The minimum Gasteiger partial charge on any atom is -0.389 e. The smallest absolute Gasteiger partial charge is 0.223 e. The third-order valence-corrected chi connectivity index (χ3v) is 2.70. The van der Waals surface area contributed by atoms with Crippen LogP contribution in [0.4, 0.5) is 10.1 Å². The highest BCUT2D eigenvalue weighted by Crippen LogP contribution is 2.17. The Labute approximate surface area is 115 Å². The molecule has 0 unspecified atom stereocenters. The first-order chi connectivity index (χ1) is 9.06. The van der Waals surface area contributed by atoms with Crippen molar-refractivity contribution in [3.63, 3.8) is 0 Å². The van der Waals surface area contributed by atoms with Crippen LogP contribution in [-0.2, 0) is 6.42 Å². The fourth-order valence-electron chi connectivity index (χ4n) is 1.63. The van der Waals surface area contributed by atoms with E-state index in [1.165, 1.54) is 12.1 Å². The average molecular weight is 280 g/mol. The molecule has 100 valence electrons. The van der Waals surface area contributed by atoms with Crippen molar-refractivity contribution >= 4 is 22.9 Å². The molecule has 0 fully saturated rings. The molecule has 5 nitrogen and oxygen atoms in total. The zero-order chi connectivity index (χ0) is 13.8. The summed E-state index contributed by atoms with van der Waals surface area (Å²) in [5, 5.41) is 6.91. The Hall–Kier alpha value is -2.02. The number of aryl methyl sites for hydroxylation is 1. The predicted octanol–water partition coefficient (Wildman–Crippen LogP) is 1.81. The standard InChI is InChI=1S/C12H13FN4OS/c1-7-16-11(17-18-7)4-5-15-10-3-2-8(13)6-9(10)12(14)19/h2-3,6,15H,4-5H2,1H3,(H2,14,19). The molecule has 0 amide bonds. The number of nitrogens with zero attached hydrogens (tertiary/aromatic N) is 2. The topological polar surface area (TPSA) is 77.0 Å². The van der Waals surface area contributed by atoms with E-state index >= 15 is 0 Å². The summed E-state index contributed by atoms with van der Waals surface area (Å²) < 4.78 is 18.0. The van der Waals surface area contributed by atoms with E-state index in [1.807, 2.05) is 0 Å². The molecule has 0 spiro atoms. The maximum atomic E-state index is 13.1. The Bertz CT molecular complexity index is 599. The van der Waals surface area contributed by atoms with Gasteiger partial charge in [-0.05, 0) is 18.2 Å². The Balaban J connectivity index is 2.01. The van der Waals surface area contributed by atoms with Crippen molar-refractivity contribution < 1.29 is 8.91 Å². The number of halogens is 1. The number of nitrogens with two attached hydrogens (primary N) is 1. The normalized spacial score (nSPS) is 10.4. The van der Waals surface area contributed by atoms with Crippen LogP contribution in [-0.4, -0.2) is 21.7 Å². The zero-order valence-corrected chi connectivity index (χ0v) is 11.1. The van der Waals surface area contributed by atoms with Gasteiger partial charge in [-0.1, -0.05) is 17.4 Å². The number of thiocarbonyl (C=S) groups is 1.